The highest BCUT2D eigenvalue weighted by Gasteiger charge is 2.24. The van der Waals surface area contributed by atoms with E-state index in [1.807, 2.05) is 6.07 Å². The number of hydrogen-bond donors (Lipinski definition) is 2. The lowest BCUT2D eigenvalue weighted by atomic mass is 9.99. The van der Waals surface area contributed by atoms with Crippen LogP contribution in [0.1, 0.15) is 31.4 Å². The smallest absolute Gasteiger partial charge is 0.127 e. The number of fused-ring (bicyclic) bond motifs is 1. The Labute approximate surface area is 120 Å². The van der Waals surface area contributed by atoms with Crippen LogP contribution < -0.4 is 10.1 Å². The van der Waals surface area contributed by atoms with E-state index in [2.05, 4.69) is 17.1 Å². The van der Waals surface area contributed by atoms with Crippen LogP contribution in [0.3, 0.4) is 0 Å². The fourth-order valence-corrected chi connectivity index (χ4v) is 3.05. The van der Waals surface area contributed by atoms with Gasteiger partial charge in [-0.15, -0.1) is 0 Å². The van der Waals surface area contributed by atoms with Crippen molar-refractivity contribution in [3.8, 4) is 11.5 Å². The maximum Gasteiger partial charge on any atom is 0.127 e. The van der Waals surface area contributed by atoms with Crippen LogP contribution in [0.4, 0.5) is 0 Å². The van der Waals surface area contributed by atoms with Crippen molar-refractivity contribution in [1.29, 1.82) is 0 Å². The van der Waals surface area contributed by atoms with E-state index in [0.29, 0.717) is 6.61 Å². The average Bonchev–Trinajstić information content (AvgIpc) is 2.83. The number of likely N-dealkylation sites (tertiary alicyclic amines) is 1. The maximum absolute atomic E-state index is 9.44. The fourth-order valence-electron chi connectivity index (χ4n) is 3.05. The van der Waals surface area contributed by atoms with E-state index < -0.39 is 0 Å². The third kappa shape index (κ3) is 3.07. The Morgan fingerprint density at radius 3 is 2.95 bits per heavy atom. The standard InChI is InChI=1S/C16H24N2O2/c1-12-4-7-18(8-5-12)9-6-17-15-11-20-16-10-13(19)2-3-14(15)16/h2-3,10,12,15,17,19H,4-9,11H2,1H3. The van der Waals surface area contributed by atoms with E-state index in [-0.39, 0.29) is 11.8 Å². The summed E-state index contributed by atoms with van der Waals surface area (Å²) in [5.41, 5.74) is 1.16. The topological polar surface area (TPSA) is 44.7 Å². The molecule has 3 rings (SSSR count). The molecule has 1 aromatic carbocycles. The molecule has 20 heavy (non-hydrogen) atoms. The van der Waals surface area contributed by atoms with Gasteiger partial charge in [-0.05, 0) is 44.0 Å². The van der Waals surface area contributed by atoms with Gasteiger partial charge in [0.05, 0.1) is 6.04 Å². The summed E-state index contributed by atoms with van der Waals surface area (Å²) in [5, 5.41) is 13.0. The summed E-state index contributed by atoms with van der Waals surface area (Å²) in [6, 6.07) is 5.64. The van der Waals surface area contributed by atoms with Crippen molar-refractivity contribution in [2.75, 3.05) is 32.8 Å². The summed E-state index contributed by atoms with van der Waals surface area (Å²) >= 11 is 0. The molecule has 1 aromatic rings. The number of nitrogens with one attached hydrogen (secondary N) is 1. The molecule has 0 spiro atoms. The molecule has 2 aliphatic heterocycles. The molecule has 0 bridgehead atoms. The van der Waals surface area contributed by atoms with Crippen LogP contribution in [0.15, 0.2) is 18.2 Å². The van der Waals surface area contributed by atoms with Crippen LogP contribution in [0.2, 0.25) is 0 Å². The second-order valence-corrected chi connectivity index (χ2v) is 6.06. The van der Waals surface area contributed by atoms with E-state index in [0.717, 1.165) is 30.3 Å². The quantitative estimate of drug-likeness (QED) is 0.884. The number of ether oxygens (including phenoxy) is 1. The monoisotopic (exact) mass is 276 g/mol. The number of benzene rings is 1. The minimum absolute atomic E-state index is 0.259. The highest BCUT2D eigenvalue weighted by atomic mass is 16.5. The van der Waals surface area contributed by atoms with Gasteiger partial charge in [0.15, 0.2) is 0 Å². The van der Waals surface area contributed by atoms with Gasteiger partial charge < -0.3 is 20.1 Å². The molecule has 2 heterocycles. The average molecular weight is 276 g/mol. The first kappa shape index (κ1) is 13.7. The lowest BCUT2D eigenvalue weighted by molar-refractivity contribution is 0.189. The van der Waals surface area contributed by atoms with Gasteiger partial charge in [-0.3, -0.25) is 0 Å². The largest absolute Gasteiger partial charge is 0.508 e. The minimum atomic E-state index is 0.259. The summed E-state index contributed by atoms with van der Waals surface area (Å²) in [4.78, 5) is 2.54. The molecule has 0 amide bonds. The van der Waals surface area contributed by atoms with Crippen LogP contribution in [-0.4, -0.2) is 42.8 Å². The summed E-state index contributed by atoms with van der Waals surface area (Å²) in [6.45, 7) is 7.57. The molecular formula is C16H24N2O2. The summed E-state index contributed by atoms with van der Waals surface area (Å²) in [5.74, 6) is 1.98. The number of nitrogens with zero attached hydrogens (tertiary/aromatic N) is 1. The van der Waals surface area contributed by atoms with E-state index in [1.165, 1.54) is 25.9 Å². The predicted octanol–water partition coefficient (Wildman–Crippen LogP) is 2.15. The van der Waals surface area contributed by atoms with E-state index in [4.69, 9.17) is 4.74 Å². The van der Waals surface area contributed by atoms with Crippen molar-refractivity contribution in [2.24, 2.45) is 5.92 Å². The summed E-state index contributed by atoms with van der Waals surface area (Å²) in [6.07, 6.45) is 2.66. The third-order valence-electron chi connectivity index (χ3n) is 4.47. The van der Waals surface area contributed by atoms with Crippen molar-refractivity contribution in [3.63, 3.8) is 0 Å². The number of piperidine rings is 1. The molecule has 1 saturated heterocycles. The lowest BCUT2D eigenvalue weighted by Gasteiger charge is -2.30. The Hall–Kier alpha value is -1.26. The number of hydrogen-bond acceptors (Lipinski definition) is 4. The molecule has 1 atom stereocenters. The zero-order valence-corrected chi connectivity index (χ0v) is 12.1. The summed E-state index contributed by atoms with van der Waals surface area (Å²) in [7, 11) is 0. The van der Waals surface area contributed by atoms with Crippen LogP contribution in [0.5, 0.6) is 11.5 Å². The maximum atomic E-state index is 9.44. The van der Waals surface area contributed by atoms with Gasteiger partial charge in [0, 0.05) is 24.7 Å². The number of phenols is 1. The highest BCUT2D eigenvalue weighted by Crippen LogP contribution is 2.34. The zero-order valence-electron chi connectivity index (χ0n) is 12.1. The number of aromatic hydroxyl groups is 1. The van der Waals surface area contributed by atoms with E-state index >= 15 is 0 Å². The Kier molecular flexibility index (Phi) is 4.13. The molecule has 0 aliphatic carbocycles. The SMILES string of the molecule is CC1CCN(CCNC2COc3cc(O)ccc32)CC1. The molecule has 4 heteroatoms. The summed E-state index contributed by atoms with van der Waals surface area (Å²) < 4.78 is 5.61. The van der Waals surface area contributed by atoms with Crippen LogP contribution in [0, 0.1) is 5.92 Å². The van der Waals surface area contributed by atoms with Gasteiger partial charge in [-0.1, -0.05) is 6.92 Å². The third-order valence-corrected chi connectivity index (χ3v) is 4.47. The molecule has 2 aliphatic rings. The number of rotatable bonds is 4. The van der Waals surface area contributed by atoms with Crippen LogP contribution in [0.25, 0.3) is 0 Å². The number of phenolic OH excluding ortho intramolecular Hbond substituents is 1. The molecule has 0 aromatic heterocycles. The second-order valence-electron chi connectivity index (χ2n) is 6.06. The van der Waals surface area contributed by atoms with Crippen LogP contribution in [-0.2, 0) is 0 Å². The van der Waals surface area contributed by atoms with Crippen molar-refractivity contribution in [2.45, 2.75) is 25.8 Å². The van der Waals surface area contributed by atoms with Crippen LogP contribution >= 0.6 is 0 Å². The van der Waals surface area contributed by atoms with E-state index in [9.17, 15) is 5.11 Å². The fraction of sp³-hybridized carbons (Fsp3) is 0.625. The Morgan fingerprint density at radius 2 is 2.15 bits per heavy atom. The van der Waals surface area contributed by atoms with Crippen molar-refractivity contribution in [3.05, 3.63) is 23.8 Å². The normalized spacial score (nSPS) is 23.6. The van der Waals surface area contributed by atoms with Crippen molar-refractivity contribution >= 4 is 0 Å². The molecule has 2 N–H and O–H groups in total. The molecule has 0 saturated carbocycles. The zero-order chi connectivity index (χ0) is 13.9. The first-order chi connectivity index (χ1) is 9.72. The van der Waals surface area contributed by atoms with Gasteiger partial charge in [0.1, 0.15) is 18.1 Å². The van der Waals surface area contributed by atoms with Gasteiger partial charge in [-0.2, -0.15) is 0 Å². The molecule has 0 radical (unpaired) electrons. The van der Waals surface area contributed by atoms with Gasteiger partial charge in [-0.25, -0.2) is 0 Å². The molecule has 4 nitrogen and oxygen atoms in total. The first-order valence-electron chi connectivity index (χ1n) is 7.64. The second kappa shape index (κ2) is 6.02. The predicted molar refractivity (Wildman–Crippen MR) is 79.2 cm³/mol. The van der Waals surface area contributed by atoms with Gasteiger partial charge in [0.2, 0.25) is 0 Å². The van der Waals surface area contributed by atoms with Gasteiger partial charge >= 0.3 is 0 Å². The molecule has 1 unspecified atom stereocenters. The van der Waals surface area contributed by atoms with Crippen molar-refractivity contribution < 1.29 is 9.84 Å². The van der Waals surface area contributed by atoms with E-state index in [1.54, 1.807) is 12.1 Å². The molecule has 1 fully saturated rings. The Balaban J connectivity index is 1.46. The lowest BCUT2D eigenvalue weighted by Crippen LogP contribution is -2.38. The Morgan fingerprint density at radius 1 is 1.35 bits per heavy atom. The molecular weight excluding hydrogens is 252 g/mol. The van der Waals surface area contributed by atoms with Gasteiger partial charge in [0.25, 0.3) is 0 Å². The first-order valence-corrected chi connectivity index (χ1v) is 7.64. The molecule has 110 valence electrons. The Bertz CT molecular complexity index is 456. The minimum Gasteiger partial charge on any atom is -0.508 e. The van der Waals surface area contributed by atoms with Crippen molar-refractivity contribution in [1.82, 2.24) is 10.2 Å². The highest BCUT2D eigenvalue weighted by molar-refractivity contribution is 5.44.